The molecule has 0 spiro atoms. The first-order valence-corrected chi connectivity index (χ1v) is 6.83. The monoisotopic (exact) mass is 282 g/mol. The Morgan fingerprint density at radius 3 is 2.60 bits per heavy atom. The van der Waals surface area contributed by atoms with Crippen LogP contribution in [0, 0.1) is 0 Å². The van der Waals surface area contributed by atoms with E-state index < -0.39 is 6.10 Å². The quantitative estimate of drug-likeness (QED) is 0.720. The fourth-order valence-corrected chi connectivity index (χ4v) is 1.86. The van der Waals surface area contributed by atoms with Gasteiger partial charge in [0.15, 0.2) is 0 Å². The normalized spacial score (nSPS) is 13.8. The highest BCUT2D eigenvalue weighted by Gasteiger charge is 2.09. The molecule has 20 heavy (non-hydrogen) atoms. The number of ether oxygens (including phenoxy) is 2. The van der Waals surface area contributed by atoms with Gasteiger partial charge in [0.05, 0.1) is 36.8 Å². The van der Waals surface area contributed by atoms with E-state index in [0.717, 1.165) is 11.4 Å². The van der Waals surface area contributed by atoms with Crippen molar-refractivity contribution in [2.24, 2.45) is 0 Å². The molecule has 2 atom stereocenters. The number of nitrogens with zero attached hydrogens (tertiary/aromatic N) is 1. The summed E-state index contributed by atoms with van der Waals surface area (Å²) in [4.78, 5) is 2.03. The first-order chi connectivity index (χ1) is 9.54. The van der Waals surface area contributed by atoms with Crippen LogP contribution in [0.2, 0.25) is 0 Å². The largest absolute Gasteiger partial charge is 0.389 e. The van der Waals surface area contributed by atoms with Crippen LogP contribution in [0.3, 0.4) is 0 Å². The predicted octanol–water partition coefficient (Wildman–Crippen LogP) is 1.58. The van der Waals surface area contributed by atoms with Crippen LogP contribution >= 0.6 is 0 Å². The second-order valence-electron chi connectivity index (χ2n) is 5.05. The molecule has 5 heteroatoms. The summed E-state index contributed by atoms with van der Waals surface area (Å²) in [6.07, 6.45) is -0.562. The van der Waals surface area contributed by atoms with Crippen LogP contribution in [-0.4, -0.2) is 58.3 Å². The van der Waals surface area contributed by atoms with Gasteiger partial charge < -0.3 is 24.8 Å². The van der Waals surface area contributed by atoms with Crippen molar-refractivity contribution in [3.8, 4) is 0 Å². The number of aliphatic hydroxyl groups excluding tert-OH is 1. The first-order valence-electron chi connectivity index (χ1n) is 6.83. The molecule has 114 valence electrons. The molecule has 0 amide bonds. The Morgan fingerprint density at radius 1 is 1.25 bits per heavy atom. The Balaban J connectivity index is 2.39. The lowest BCUT2D eigenvalue weighted by Gasteiger charge is -2.20. The molecule has 1 aromatic carbocycles. The number of nitrogens with one attached hydrogen (secondary N) is 1. The molecule has 0 fully saturated rings. The number of rotatable bonds is 9. The SMILES string of the molecule is COCC(C)OCC(O)CNc1ccccc1N(C)C. The molecule has 0 saturated heterocycles. The highest BCUT2D eigenvalue weighted by atomic mass is 16.5. The minimum atomic E-state index is -0.551. The molecule has 2 N–H and O–H groups in total. The average molecular weight is 282 g/mol. The lowest BCUT2D eigenvalue weighted by Crippen LogP contribution is -2.28. The van der Waals surface area contributed by atoms with Crippen LogP contribution in [0.4, 0.5) is 11.4 Å². The molecule has 0 aliphatic carbocycles. The van der Waals surface area contributed by atoms with E-state index in [2.05, 4.69) is 5.32 Å². The Bertz CT molecular complexity index is 385. The van der Waals surface area contributed by atoms with E-state index >= 15 is 0 Å². The molecule has 0 heterocycles. The minimum Gasteiger partial charge on any atom is -0.389 e. The third-order valence-corrected chi connectivity index (χ3v) is 2.89. The Kier molecular flexibility index (Phi) is 7.36. The van der Waals surface area contributed by atoms with Crippen molar-refractivity contribution < 1.29 is 14.6 Å². The van der Waals surface area contributed by atoms with Crippen molar-refractivity contribution in [2.75, 3.05) is 51.2 Å². The molecule has 0 radical (unpaired) electrons. The smallest absolute Gasteiger partial charge is 0.0945 e. The van der Waals surface area contributed by atoms with Gasteiger partial charge in [0.2, 0.25) is 0 Å². The fourth-order valence-electron chi connectivity index (χ4n) is 1.86. The summed E-state index contributed by atoms with van der Waals surface area (Å²) < 4.78 is 10.5. The van der Waals surface area contributed by atoms with Crippen molar-refractivity contribution in [2.45, 2.75) is 19.1 Å². The first kappa shape index (κ1) is 16.8. The van der Waals surface area contributed by atoms with E-state index in [1.54, 1.807) is 7.11 Å². The lowest BCUT2D eigenvalue weighted by atomic mass is 10.2. The molecule has 0 aliphatic heterocycles. The maximum atomic E-state index is 9.92. The number of hydrogen-bond donors (Lipinski definition) is 2. The number of benzene rings is 1. The standard InChI is InChI=1S/C15H26N2O3/c1-12(10-19-4)20-11-13(18)9-16-14-7-5-6-8-15(14)17(2)3/h5-8,12-13,16,18H,9-11H2,1-4H3. The van der Waals surface area contributed by atoms with Crippen LogP contribution in [0.25, 0.3) is 0 Å². The maximum absolute atomic E-state index is 9.92. The molecule has 1 rings (SSSR count). The van der Waals surface area contributed by atoms with E-state index in [-0.39, 0.29) is 6.10 Å². The number of hydrogen-bond acceptors (Lipinski definition) is 5. The highest BCUT2D eigenvalue weighted by Crippen LogP contribution is 2.23. The second kappa shape index (κ2) is 8.79. The Hall–Kier alpha value is -1.30. The average Bonchev–Trinajstić information content (AvgIpc) is 2.43. The fraction of sp³-hybridized carbons (Fsp3) is 0.600. The summed E-state index contributed by atoms with van der Waals surface area (Å²) in [6.45, 7) is 3.20. The summed E-state index contributed by atoms with van der Waals surface area (Å²) >= 11 is 0. The van der Waals surface area contributed by atoms with Crippen LogP contribution in [0.5, 0.6) is 0 Å². The van der Waals surface area contributed by atoms with E-state index in [9.17, 15) is 5.11 Å². The summed E-state index contributed by atoms with van der Waals surface area (Å²) in [5.41, 5.74) is 2.09. The third-order valence-electron chi connectivity index (χ3n) is 2.89. The van der Waals surface area contributed by atoms with Crippen molar-refractivity contribution in [3.05, 3.63) is 24.3 Å². The Morgan fingerprint density at radius 2 is 1.95 bits per heavy atom. The van der Waals surface area contributed by atoms with E-state index in [4.69, 9.17) is 9.47 Å². The van der Waals surface area contributed by atoms with Crippen molar-refractivity contribution in [1.29, 1.82) is 0 Å². The number of para-hydroxylation sites is 2. The highest BCUT2D eigenvalue weighted by molar-refractivity contribution is 5.69. The predicted molar refractivity (Wildman–Crippen MR) is 82.6 cm³/mol. The summed E-state index contributed by atoms with van der Waals surface area (Å²) in [7, 11) is 5.62. The van der Waals surface area contributed by atoms with Crippen molar-refractivity contribution in [3.63, 3.8) is 0 Å². The molecule has 0 bridgehead atoms. The summed E-state index contributed by atoms with van der Waals surface area (Å²) in [5, 5.41) is 13.2. The number of aliphatic hydroxyl groups is 1. The van der Waals surface area contributed by atoms with E-state index in [1.807, 2.05) is 50.2 Å². The van der Waals surface area contributed by atoms with Gasteiger partial charge in [-0.2, -0.15) is 0 Å². The van der Waals surface area contributed by atoms with Crippen molar-refractivity contribution in [1.82, 2.24) is 0 Å². The molecule has 0 aliphatic rings. The van der Waals surface area contributed by atoms with Crippen LogP contribution < -0.4 is 10.2 Å². The van der Waals surface area contributed by atoms with Gasteiger partial charge in [-0.15, -0.1) is 0 Å². The third kappa shape index (κ3) is 5.77. The molecule has 0 aromatic heterocycles. The molecule has 0 saturated carbocycles. The van der Waals surface area contributed by atoms with Gasteiger partial charge in [0, 0.05) is 27.7 Å². The summed E-state index contributed by atoms with van der Waals surface area (Å²) in [5.74, 6) is 0. The topological polar surface area (TPSA) is 54.0 Å². The van der Waals surface area contributed by atoms with Gasteiger partial charge in [0.1, 0.15) is 0 Å². The minimum absolute atomic E-state index is 0.0105. The molecule has 1 aromatic rings. The Labute approximate surface area is 121 Å². The lowest BCUT2D eigenvalue weighted by molar-refractivity contribution is -0.0282. The zero-order valence-electron chi connectivity index (χ0n) is 12.8. The van der Waals surface area contributed by atoms with Gasteiger partial charge in [-0.25, -0.2) is 0 Å². The van der Waals surface area contributed by atoms with E-state index in [1.165, 1.54) is 0 Å². The van der Waals surface area contributed by atoms with Gasteiger partial charge >= 0.3 is 0 Å². The molecular weight excluding hydrogens is 256 g/mol. The molecule has 5 nitrogen and oxygen atoms in total. The van der Waals surface area contributed by atoms with Gasteiger partial charge in [0.25, 0.3) is 0 Å². The van der Waals surface area contributed by atoms with E-state index in [0.29, 0.717) is 19.8 Å². The maximum Gasteiger partial charge on any atom is 0.0945 e. The van der Waals surface area contributed by atoms with Crippen LogP contribution in [-0.2, 0) is 9.47 Å². The number of anilines is 2. The number of methoxy groups -OCH3 is 1. The van der Waals surface area contributed by atoms with Gasteiger partial charge in [-0.3, -0.25) is 0 Å². The second-order valence-corrected chi connectivity index (χ2v) is 5.05. The van der Waals surface area contributed by atoms with Crippen LogP contribution in [0.1, 0.15) is 6.92 Å². The van der Waals surface area contributed by atoms with Gasteiger partial charge in [-0.1, -0.05) is 12.1 Å². The summed E-state index contributed by atoms with van der Waals surface area (Å²) in [6, 6.07) is 7.99. The molecular formula is C15H26N2O3. The molecule has 2 unspecified atom stereocenters. The zero-order chi connectivity index (χ0) is 15.0. The van der Waals surface area contributed by atoms with Crippen LogP contribution in [0.15, 0.2) is 24.3 Å². The zero-order valence-corrected chi connectivity index (χ0v) is 12.8. The van der Waals surface area contributed by atoms with Gasteiger partial charge in [-0.05, 0) is 19.1 Å². The van der Waals surface area contributed by atoms with Crippen molar-refractivity contribution >= 4 is 11.4 Å².